The van der Waals surface area contributed by atoms with Gasteiger partial charge in [-0.15, -0.1) is 0 Å². The maximum absolute atomic E-state index is 12.7. The topological polar surface area (TPSA) is 110 Å². The third kappa shape index (κ3) is 4.16. The van der Waals surface area contributed by atoms with E-state index >= 15 is 0 Å². The van der Waals surface area contributed by atoms with Crippen molar-refractivity contribution in [2.45, 2.75) is 38.7 Å². The average Bonchev–Trinajstić information content (AvgIpc) is 2.87. The first-order valence-corrected chi connectivity index (χ1v) is 10.1. The lowest BCUT2D eigenvalue weighted by molar-refractivity contribution is 0.0313. The largest absolute Gasteiger partial charge is 0.451 e. The van der Waals surface area contributed by atoms with Gasteiger partial charge in [-0.3, -0.25) is 9.59 Å². The van der Waals surface area contributed by atoms with Crippen LogP contribution >= 0.6 is 0 Å². The second kappa shape index (κ2) is 7.48. The normalized spacial score (nSPS) is 12.5. The first-order chi connectivity index (χ1) is 12.4. The van der Waals surface area contributed by atoms with Crippen molar-refractivity contribution in [3.63, 3.8) is 0 Å². The molecular weight excluding hydrogens is 370 g/mol. The van der Waals surface area contributed by atoms with E-state index in [0.29, 0.717) is 16.8 Å². The molecule has 2 aromatic rings. The second-order valence-electron chi connectivity index (χ2n) is 6.36. The van der Waals surface area contributed by atoms with Gasteiger partial charge in [-0.1, -0.05) is 12.1 Å². The Bertz CT molecular complexity index is 1030. The molecule has 0 unspecified atom stereocenters. The van der Waals surface area contributed by atoms with E-state index in [-0.39, 0.29) is 21.9 Å². The number of aryl methyl sites for hydroxylation is 1. The maximum atomic E-state index is 12.7. The van der Waals surface area contributed by atoms with Gasteiger partial charge in [0.05, 0.1) is 16.2 Å². The molecule has 0 bridgehead atoms. The Morgan fingerprint density at radius 3 is 2.22 bits per heavy atom. The quantitative estimate of drug-likeness (QED) is 0.599. The van der Waals surface area contributed by atoms with E-state index in [1.165, 1.54) is 38.1 Å². The Kier molecular flexibility index (Phi) is 5.70. The summed E-state index contributed by atoms with van der Waals surface area (Å²) in [6, 6.07) is 5.63. The van der Waals surface area contributed by atoms with Crippen LogP contribution in [0.25, 0.3) is 0 Å². The number of benzene rings is 1. The first-order valence-electron chi connectivity index (χ1n) is 8.19. The van der Waals surface area contributed by atoms with Crippen LogP contribution in [-0.2, 0) is 14.6 Å². The smallest absolute Gasteiger partial charge is 0.340 e. The van der Waals surface area contributed by atoms with Crippen molar-refractivity contribution in [1.29, 1.82) is 0 Å². The molecule has 0 fully saturated rings. The van der Waals surface area contributed by atoms with E-state index < -0.39 is 27.7 Å². The molecule has 0 amide bonds. The lowest BCUT2D eigenvalue weighted by Crippen LogP contribution is -2.26. The summed E-state index contributed by atoms with van der Waals surface area (Å²) in [4.78, 5) is 39.5. The lowest BCUT2D eigenvalue weighted by atomic mass is 10.0. The molecule has 0 saturated heterocycles. The average molecular weight is 391 g/mol. The predicted molar refractivity (Wildman–Crippen MR) is 99.0 cm³/mol. The fourth-order valence-electron chi connectivity index (χ4n) is 2.96. The van der Waals surface area contributed by atoms with Crippen molar-refractivity contribution in [2.75, 3.05) is 6.26 Å². The van der Waals surface area contributed by atoms with Crippen LogP contribution in [0.1, 0.15) is 56.3 Å². The Labute approximate surface area is 157 Å². The Morgan fingerprint density at radius 2 is 1.70 bits per heavy atom. The molecule has 0 aliphatic carbocycles. The minimum Gasteiger partial charge on any atom is -0.451 e. The van der Waals surface area contributed by atoms with Crippen molar-refractivity contribution < 1.29 is 27.5 Å². The standard InChI is InChI=1S/C19H21NO6S/c1-10-16(12(3)21)11(2)20-17(10)18(22)13(4)26-19(23)14-8-6-7-9-15(14)27(5,24)25/h6-9,13,20H,1-5H3/t13-/m0/s1. The fourth-order valence-corrected chi connectivity index (χ4v) is 3.84. The van der Waals surface area contributed by atoms with Crippen molar-refractivity contribution >= 4 is 27.4 Å². The summed E-state index contributed by atoms with van der Waals surface area (Å²) in [5.41, 5.74) is 1.53. The minimum atomic E-state index is -3.63. The molecule has 1 heterocycles. The predicted octanol–water partition coefficient (Wildman–Crippen LogP) is 2.67. The number of carbonyl (C=O) groups is 3. The summed E-state index contributed by atoms with van der Waals surface area (Å²) >= 11 is 0. The maximum Gasteiger partial charge on any atom is 0.340 e. The first kappa shape index (κ1) is 20.6. The number of carbonyl (C=O) groups excluding carboxylic acids is 3. The van der Waals surface area contributed by atoms with Gasteiger partial charge in [0.25, 0.3) is 0 Å². The number of Topliss-reactive ketones (excluding diaryl/α,β-unsaturated/α-hetero) is 2. The van der Waals surface area contributed by atoms with Crippen LogP contribution < -0.4 is 0 Å². The van der Waals surface area contributed by atoms with Crippen LogP contribution in [0.2, 0.25) is 0 Å². The molecule has 7 nitrogen and oxygen atoms in total. The van der Waals surface area contributed by atoms with Gasteiger partial charge < -0.3 is 9.72 Å². The van der Waals surface area contributed by atoms with Gasteiger partial charge in [-0.25, -0.2) is 13.2 Å². The van der Waals surface area contributed by atoms with Crippen molar-refractivity contribution in [3.05, 3.63) is 52.3 Å². The molecule has 1 atom stereocenters. The molecule has 8 heteroatoms. The van der Waals surface area contributed by atoms with Crippen LogP contribution in [0.15, 0.2) is 29.2 Å². The molecular formula is C19H21NO6S. The Hall–Kier alpha value is -2.74. The van der Waals surface area contributed by atoms with Gasteiger partial charge in [0.15, 0.2) is 21.7 Å². The molecule has 144 valence electrons. The molecule has 1 aromatic carbocycles. The number of esters is 1. The molecule has 27 heavy (non-hydrogen) atoms. The SMILES string of the molecule is CC(=O)c1c(C)[nH]c(C(=O)[C@H](C)OC(=O)c2ccccc2S(C)(=O)=O)c1C. The zero-order valence-corrected chi connectivity index (χ0v) is 16.6. The summed E-state index contributed by atoms with van der Waals surface area (Å²) in [7, 11) is -3.63. The van der Waals surface area contributed by atoms with E-state index in [1.54, 1.807) is 13.8 Å². The van der Waals surface area contributed by atoms with E-state index in [2.05, 4.69) is 4.98 Å². The minimum absolute atomic E-state index is 0.136. The number of rotatable bonds is 6. The summed E-state index contributed by atoms with van der Waals surface area (Å²) < 4.78 is 28.9. The van der Waals surface area contributed by atoms with Gasteiger partial charge in [-0.05, 0) is 45.4 Å². The second-order valence-corrected chi connectivity index (χ2v) is 8.35. The number of aromatic nitrogens is 1. The fraction of sp³-hybridized carbons (Fsp3) is 0.316. The van der Waals surface area contributed by atoms with Gasteiger partial charge in [0.1, 0.15) is 0 Å². The van der Waals surface area contributed by atoms with Gasteiger partial charge in [-0.2, -0.15) is 0 Å². The zero-order valence-electron chi connectivity index (χ0n) is 15.7. The number of aromatic amines is 1. The Balaban J connectivity index is 2.30. The number of ether oxygens (including phenoxy) is 1. The van der Waals surface area contributed by atoms with Crippen LogP contribution in [0.5, 0.6) is 0 Å². The third-order valence-electron chi connectivity index (χ3n) is 4.20. The number of hydrogen-bond acceptors (Lipinski definition) is 6. The number of ketones is 2. The van der Waals surface area contributed by atoms with E-state index in [0.717, 1.165) is 6.26 Å². The summed E-state index contributed by atoms with van der Waals surface area (Å²) in [6.07, 6.45) is -0.177. The van der Waals surface area contributed by atoms with E-state index in [9.17, 15) is 22.8 Å². The molecule has 0 aliphatic rings. The van der Waals surface area contributed by atoms with Gasteiger partial charge >= 0.3 is 5.97 Å². The highest BCUT2D eigenvalue weighted by Crippen LogP contribution is 2.22. The van der Waals surface area contributed by atoms with Crippen molar-refractivity contribution in [3.8, 4) is 0 Å². The molecule has 0 radical (unpaired) electrons. The van der Waals surface area contributed by atoms with Crippen LogP contribution in [-0.4, -0.2) is 43.3 Å². The highest BCUT2D eigenvalue weighted by molar-refractivity contribution is 7.90. The van der Waals surface area contributed by atoms with Gasteiger partial charge in [0.2, 0.25) is 5.78 Å². The summed E-state index contributed by atoms with van der Waals surface area (Å²) in [5.74, 6) is -1.59. The van der Waals surface area contributed by atoms with E-state index in [4.69, 9.17) is 4.74 Å². The molecule has 0 spiro atoms. The van der Waals surface area contributed by atoms with E-state index in [1.807, 2.05) is 0 Å². The Morgan fingerprint density at radius 1 is 1.11 bits per heavy atom. The molecule has 1 N–H and O–H groups in total. The summed E-state index contributed by atoms with van der Waals surface area (Å²) in [6.45, 7) is 6.12. The van der Waals surface area contributed by atoms with Crippen LogP contribution in [0.4, 0.5) is 0 Å². The van der Waals surface area contributed by atoms with Crippen molar-refractivity contribution in [2.24, 2.45) is 0 Å². The summed E-state index contributed by atoms with van der Waals surface area (Å²) in [5, 5.41) is 0. The van der Waals surface area contributed by atoms with Crippen LogP contribution in [0.3, 0.4) is 0 Å². The highest BCUT2D eigenvalue weighted by Gasteiger charge is 2.28. The molecule has 2 rings (SSSR count). The third-order valence-corrected chi connectivity index (χ3v) is 5.35. The highest BCUT2D eigenvalue weighted by atomic mass is 32.2. The number of H-pyrrole nitrogens is 1. The molecule has 0 saturated carbocycles. The number of sulfone groups is 1. The lowest BCUT2D eigenvalue weighted by Gasteiger charge is -2.13. The van der Waals surface area contributed by atoms with Gasteiger partial charge in [0, 0.05) is 17.5 Å². The monoisotopic (exact) mass is 391 g/mol. The number of hydrogen-bond donors (Lipinski definition) is 1. The number of nitrogens with one attached hydrogen (secondary N) is 1. The zero-order chi connectivity index (χ0) is 20.5. The van der Waals surface area contributed by atoms with Crippen molar-refractivity contribution in [1.82, 2.24) is 4.98 Å². The molecule has 1 aromatic heterocycles. The van der Waals surface area contributed by atoms with Crippen LogP contribution in [0, 0.1) is 13.8 Å². The molecule has 0 aliphatic heterocycles.